The number of para-hydroxylation sites is 1. The minimum absolute atomic E-state index is 0.180. The number of nitrogens with zero attached hydrogens (tertiary/aromatic N) is 1. The maximum atomic E-state index is 6.19. The molecule has 94 valence electrons. The van der Waals surface area contributed by atoms with E-state index in [9.17, 15) is 0 Å². The number of likely N-dealkylation sites (N-methyl/N-ethyl adjacent to an activating group) is 1. The lowest BCUT2D eigenvalue weighted by Crippen LogP contribution is -2.47. The van der Waals surface area contributed by atoms with E-state index in [1.807, 2.05) is 25.2 Å². The number of hydrogen-bond acceptors (Lipinski definition) is 3. The van der Waals surface area contributed by atoms with Gasteiger partial charge in [-0.25, -0.2) is 0 Å². The highest BCUT2D eigenvalue weighted by Gasteiger charge is 2.31. The Morgan fingerprint density at radius 1 is 1.47 bits per heavy atom. The fourth-order valence-corrected chi connectivity index (χ4v) is 2.41. The average molecular weight is 255 g/mol. The van der Waals surface area contributed by atoms with Crippen molar-refractivity contribution in [2.45, 2.75) is 25.5 Å². The Kier molecular flexibility index (Phi) is 3.79. The molecule has 0 saturated heterocycles. The maximum absolute atomic E-state index is 6.19. The molecule has 0 fully saturated rings. The second-order valence-electron chi connectivity index (χ2n) is 4.49. The van der Waals surface area contributed by atoms with E-state index in [0.717, 1.165) is 24.4 Å². The van der Waals surface area contributed by atoms with E-state index in [1.165, 1.54) is 0 Å². The van der Waals surface area contributed by atoms with Gasteiger partial charge in [-0.1, -0.05) is 17.7 Å². The van der Waals surface area contributed by atoms with E-state index < -0.39 is 0 Å². The molecule has 2 rings (SSSR count). The lowest BCUT2D eigenvalue weighted by molar-refractivity contribution is 0.152. The van der Waals surface area contributed by atoms with Crippen LogP contribution >= 0.6 is 11.6 Å². The largest absolute Gasteiger partial charge is 0.484 e. The van der Waals surface area contributed by atoms with E-state index in [-0.39, 0.29) is 6.10 Å². The van der Waals surface area contributed by atoms with Gasteiger partial charge in [0.25, 0.3) is 0 Å². The van der Waals surface area contributed by atoms with Crippen molar-refractivity contribution in [2.24, 2.45) is 0 Å². The highest BCUT2D eigenvalue weighted by atomic mass is 35.5. The van der Waals surface area contributed by atoms with Gasteiger partial charge < -0.3 is 15.0 Å². The third-order valence-electron chi connectivity index (χ3n) is 3.42. The fourth-order valence-electron chi connectivity index (χ4n) is 2.20. The highest BCUT2D eigenvalue weighted by Crippen LogP contribution is 2.40. The summed E-state index contributed by atoms with van der Waals surface area (Å²) in [6.45, 7) is 3.13. The van der Waals surface area contributed by atoms with Crippen molar-refractivity contribution in [1.82, 2.24) is 5.32 Å². The molecule has 1 N–H and O–H groups in total. The zero-order chi connectivity index (χ0) is 12.4. The molecule has 1 aliphatic heterocycles. The maximum Gasteiger partial charge on any atom is 0.161 e. The molecular weight excluding hydrogens is 236 g/mol. The molecule has 2 atom stereocenters. The highest BCUT2D eigenvalue weighted by molar-refractivity contribution is 6.32. The van der Waals surface area contributed by atoms with Crippen LogP contribution in [0.25, 0.3) is 0 Å². The molecule has 0 aromatic heterocycles. The molecule has 0 saturated carbocycles. The first-order chi connectivity index (χ1) is 8.15. The molecule has 0 radical (unpaired) electrons. The van der Waals surface area contributed by atoms with Crippen molar-refractivity contribution >= 4 is 17.3 Å². The number of rotatable bonds is 3. The summed E-state index contributed by atoms with van der Waals surface area (Å²) >= 11 is 6.19. The molecule has 17 heavy (non-hydrogen) atoms. The van der Waals surface area contributed by atoms with Crippen molar-refractivity contribution in [3.05, 3.63) is 23.2 Å². The topological polar surface area (TPSA) is 24.5 Å². The minimum Gasteiger partial charge on any atom is -0.484 e. The Morgan fingerprint density at radius 3 is 2.94 bits per heavy atom. The molecule has 1 aliphatic rings. The Balaban J connectivity index is 2.26. The first kappa shape index (κ1) is 12.5. The molecule has 1 aromatic rings. The summed E-state index contributed by atoms with van der Waals surface area (Å²) in [5.74, 6) is 0.816. The number of anilines is 1. The van der Waals surface area contributed by atoms with Gasteiger partial charge in [-0.15, -0.1) is 0 Å². The van der Waals surface area contributed by atoms with Gasteiger partial charge >= 0.3 is 0 Å². The van der Waals surface area contributed by atoms with E-state index in [2.05, 4.69) is 24.2 Å². The molecule has 1 heterocycles. The Bertz CT molecular complexity index is 397. The number of fused-ring (bicyclic) bond motifs is 1. The van der Waals surface area contributed by atoms with Crippen molar-refractivity contribution < 1.29 is 4.74 Å². The number of benzene rings is 1. The Labute approximate surface area is 108 Å². The van der Waals surface area contributed by atoms with Gasteiger partial charge in [0.1, 0.15) is 6.10 Å². The molecule has 0 amide bonds. The van der Waals surface area contributed by atoms with Crippen LogP contribution in [0.2, 0.25) is 5.02 Å². The van der Waals surface area contributed by atoms with Crippen LogP contribution in [0, 0.1) is 0 Å². The van der Waals surface area contributed by atoms with Crippen LogP contribution in [0.3, 0.4) is 0 Å². The summed E-state index contributed by atoms with van der Waals surface area (Å²) in [6.07, 6.45) is 1.16. The van der Waals surface area contributed by atoms with E-state index in [1.54, 1.807) is 0 Å². The number of nitrogens with one attached hydrogen (secondary N) is 1. The van der Waals surface area contributed by atoms with Gasteiger partial charge in [0.2, 0.25) is 0 Å². The predicted octanol–water partition coefficient (Wildman–Crippen LogP) is 2.54. The second-order valence-corrected chi connectivity index (χ2v) is 4.90. The van der Waals surface area contributed by atoms with E-state index in [4.69, 9.17) is 16.3 Å². The summed E-state index contributed by atoms with van der Waals surface area (Å²) in [4.78, 5) is 2.24. The molecule has 1 aromatic carbocycles. The smallest absolute Gasteiger partial charge is 0.161 e. The summed E-state index contributed by atoms with van der Waals surface area (Å²) < 4.78 is 6.03. The van der Waals surface area contributed by atoms with Crippen molar-refractivity contribution in [3.63, 3.8) is 0 Å². The van der Waals surface area contributed by atoms with Crippen LogP contribution in [0.1, 0.15) is 13.3 Å². The summed E-state index contributed by atoms with van der Waals surface area (Å²) in [5, 5.41) is 3.85. The first-order valence-corrected chi connectivity index (χ1v) is 6.35. The SMILES string of the molecule is CNCCC1Oc2c(Cl)cccc2N(C)C1C. The van der Waals surface area contributed by atoms with Gasteiger partial charge in [0.05, 0.1) is 16.8 Å². The molecule has 3 nitrogen and oxygen atoms in total. The van der Waals surface area contributed by atoms with Crippen LogP contribution in [0.4, 0.5) is 5.69 Å². The Hall–Kier alpha value is -0.930. The normalized spacial score (nSPS) is 23.2. The number of ether oxygens (including phenoxy) is 1. The van der Waals surface area contributed by atoms with Gasteiger partial charge in [-0.05, 0) is 39.1 Å². The summed E-state index contributed by atoms with van der Waals surface area (Å²) in [7, 11) is 4.05. The summed E-state index contributed by atoms with van der Waals surface area (Å²) in [6, 6.07) is 6.24. The zero-order valence-electron chi connectivity index (χ0n) is 10.5. The van der Waals surface area contributed by atoms with Crippen LogP contribution in [-0.4, -0.2) is 32.8 Å². The van der Waals surface area contributed by atoms with Crippen LogP contribution in [0.15, 0.2) is 18.2 Å². The predicted molar refractivity (Wildman–Crippen MR) is 72.3 cm³/mol. The Morgan fingerprint density at radius 2 is 2.24 bits per heavy atom. The second kappa shape index (κ2) is 5.15. The minimum atomic E-state index is 0.180. The first-order valence-electron chi connectivity index (χ1n) is 5.97. The molecule has 2 unspecified atom stereocenters. The molecule has 0 aliphatic carbocycles. The fraction of sp³-hybridized carbons (Fsp3) is 0.538. The molecule has 0 bridgehead atoms. The standard InChI is InChI=1S/C13H19ClN2O/c1-9-12(7-8-15-2)17-13-10(14)5-4-6-11(13)16(9)3/h4-6,9,12,15H,7-8H2,1-3H3. The number of halogens is 1. The van der Waals surface area contributed by atoms with Gasteiger partial charge in [0.15, 0.2) is 5.75 Å². The zero-order valence-corrected chi connectivity index (χ0v) is 11.3. The molecular formula is C13H19ClN2O. The van der Waals surface area contributed by atoms with Crippen LogP contribution < -0.4 is 15.0 Å². The van der Waals surface area contributed by atoms with Crippen LogP contribution in [0.5, 0.6) is 5.75 Å². The van der Waals surface area contributed by atoms with Gasteiger partial charge in [0, 0.05) is 7.05 Å². The monoisotopic (exact) mass is 254 g/mol. The summed E-state index contributed by atoms with van der Waals surface area (Å²) in [5.41, 5.74) is 1.07. The van der Waals surface area contributed by atoms with Gasteiger partial charge in [-0.2, -0.15) is 0 Å². The third-order valence-corrected chi connectivity index (χ3v) is 3.72. The van der Waals surface area contributed by atoms with Crippen molar-refractivity contribution in [1.29, 1.82) is 0 Å². The molecule has 0 spiro atoms. The molecule has 4 heteroatoms. The van der Waals surface area contributed by atoms with Crippen LogP contribution in [-0.2, 0) is 0 Å². The van der Waals surface area contributed by atoms with E-state index in [0.29, 0.717) is 11.1 Å². The van der Waals surface area contributed by atoms with Gasteiger partial charge in [-0.3, -0.25) is 0 Å². The van der Waals surface area contributed by atoms with E-state index >= 15 is 0 Å². The average Bonchev–Trinajstić information content (AvgIpc) is 2.33. The lowest BCUT2D eigenvalue weighted by atomic mass is 10.0. The quantitative estimate of drug-likeness (QED) is 0.897. The van der Waals surface area contributed by atoms with Crippen molar-refractivity contribution in [3.8, 4) is 5.75 Å². The number of hydrogen-bond donors (Lipinski definition) is 1. The third kappa shape index (κ3) is 2.35. The lowest BCUT2D eigenvalue weighted by Gasteiger charge is -2.40. The van der Waals surface area contributed by atoms with Crippen molar-refractivity contribution in [2.75, 3.05) is 25.5 Å².